The lowest BCUT2D eigenvalue weighted by atomic mass is 9.93. The number of aromatic nitrogens is 1. The van der Waals surface area contributed by atoms with Crippen molar-refractivity contribution in [2.24, 2.45) is 5.92 Å². The van der Waals surface area contributed by atoms with Crippen LogP contribution in [0.4, 0.5) is 0 Å². The third-order valence-electron chi connectivity index (χ3n) is 3.29. The monoisotopic (exact) mass is 315 g/mol. The number of hydrogen-bond donors (Lipinski definition) is 0. The summed E-state index contributed by atoms with van der Waals surface area (Å²) in [6, 6.07) is 1.63. The first-order chi connectivity index (χ1) is 10.5. The van der Waals surface area contributed by atoms with E-state index in [1.807, 2.05) is 13.8 Å². The van der Waals surface area contributed by atoms with E-state index in [2.05, 4.69) is 5.16 Å². The van der Waals surface area contributed by atoms with Crippen molar-refractivity contribution in [3.63, 3.8) is 0 Å². The molecule has 0 fully saturated rings. The molecular formula is C15H25NO6. The molecule has 0 amide bonds. The first-order valence-corrected chi connectivity index (χ1v) is 7.26. The van der Waals surface area contributed by atoms with E-state index in [4.69, 9.17) is 23.5 Å². The predicted molar refractivity (Wildman–Crippen MR) is 78.6 cm³/mol. The molecule has 0 saturated carbocycles. The number of rotatable bonds is 10. The van der Waals surface area contributed by atoms with Crippen LogP contribution in [-0.4, -0.2) is 45.4 Å². The van der Waals surface area contributed by atoms with Gasteiger partial charge in [0.25, 0.3) is 5.88 Å². The molecule has 0 aliphatic heterocycles. The Bertz CT molecular complexity index is 441. The van der Waals surface area contributed by atoms with Crippen LogP contribution < -0.4 is 4.74 Å². The van der Waals surface area contributed by atoms with Gasteiger partial charge in [0.2, 0.25) is 0 Å². The highest BCUT2D eigenvalue weighted by molar-refractivity contribution is 5.77. The van der Waals surface area contributed by atoms with Crippen LogP contribution in [0.1, 0.15) is 38.4 Å². The van der Waals surface area contributed by atoms with Gasteiger partial charge in [-0.25, -0.2) is 0 Å². The van der Waals surface area contributed by atoms with Gasteiger partial charge in [-0.05, 0) is 17.5 Å². The molecule has 0 radical (unpaired) electrons. The Morgan fingerprint density at radius 3 is 2.50 bits per heavy atom. The molecule has 0 bridgehead atoms. The van der Waals surface area contributed by atoms with Crippen LogP contribution in [0.5, 0.6) is 5.88 Å². The van der Waals surface area contributed by atoms with Crippen molar-refractivity contribution in [3.8, 4) is 5.88 Å². The van der Waals surface area contributed by atoms with Gasteiger partial charge in [0.15, 0.2) is 12.1 Å². The van der Waals surface area contributed by atoms with Gasteiger partial charge < -0.3 is 23.5 Å². The quantitative estimate of drug-likeness (QED) is 0.372. The highest BCUT2D eigenvalue weighted by Crippen LogP contribution is 2.28. The van der Waals surface area contributed by atoms with Crippen LogP contribution in [-0.2, 0) is 19.0 Å². The molecule has 1 aromatic heterocycles. The Hall–Kier alpha value is -1.60. The second kappa shape index (κ2) is 9.42. The van der Waals surface area contributed by atoms with E-state index in [9.17, 15) is 4.79 Å². The molecule has 1 unspecified atom stereocenters. The minimum Gasteiger partial charge on any atom is -0.476 e. The predicted octanol–water partition coefficient (Wildman–Crippen LogP) is 2.37. The molecule has 7 heteroatoms. The van der Waals surface area contributed by atoms with Crippen LogP contribution in [0, 0.1) is 5.92 Å². The van der Waals surface area contributed by atoms with E-state index in [0.717, 1.165) is 6.42 Å². The van der Waals surface area contributed by atoms with E-state index in [0.29, 0.717) is 24.7 Å². The van der Waals surface area contributed by atoms with Crippen LogP contribution in [0.25, 0.3) is 0 Å². The summed E-state index contributed by atoms with van der Waals surface area (Å²) in [7, 11) is 4.54. The van der Waals surface area contributed by atoms with Crippen LogP contribution in [0.2, 0.25) is 0 Å². The van der Waals surface area contributed by atoms with Gasteiger partial charge in [0.1, 0.15) is 5.92 Å². The summed E-state index contributed by atoms with van der Waals surface area (Å²) in [4.78, 5) is 11.8. The third-order valence-corrected chi connectivity index (χ3v) is 3.29. The van der Waals surface area contributed by atoms with E-state index in [1.54, 1.807) is 20.3 Å². The molecule has 126 valence electrons. The Balaban J connectivity index is 2.51. The summed E-state index contributed by atoms with van der Waals surface area (Å²) in [5.41, 5.74) is 0. The SMILES string of the molecule is COC(=O)C(c1cc(OCCCC(OC)OC)no1)C(C)C. The fraction of sp³-hybridized carbons (Fsp3) is 0.733. The number of hydrogen-bond acceptors (Lipinski definition) is 7. The number of nitrogens with zero attached hydrogens (tertiary/aromatic N) is 1. The van der Waals surface area contributed by atoms with Gasteiger partial charge in [-0.1, -0.05) is 13.8 Å². The van der Waals surface area contributed by atoms with Crippen molar-refractivity contribution < 1.29 is 28.3 Å². The minimum absolute atomic E-state index is 0.0393. The fourth-order valence-corrected chi connectivity index (χ4v) is 2.09. The van der Waals surface area contributed by atoms with Gasteiger partial charge in [-0.2, -0.15) is 0 Å². The molecule has 1 rings (SSSR count). The van der Waals surface area contributed by atoms with Crippen LogP contribution in [0.3, 0.4) is 0 Å². The summed E-state index contributed by atoms with van der Waals surface area (Å²) in [6.45, 7) is 4.29. The zero-order valence-electron chi connectivity index (χ0n) is 13.8. The van der Waals surface area contributed by atoms with Crippen molar-refractivity contribution >= 4 is 5.97 Å². The second-order valence-corrected chi connectivity index (χ2v) is 5.20. The van der Waals surface area contributed by atoms with Gasteiger partial charge in [-0.15, -0.1) is 0 Å². The largest absolute Gasteiger partial charge is 0.476 e. The first kappa shape index (κ1) is 18.4. The number of ether oxygens (including phenoxy) is 4. The number of esters is 1. The van der Waals surface area contributed by atoms with Gasteiger partial charge >= 0.3 is 5.97 Å². The Morgan fingerprint density at radius 1 is 1.27 bits per heavy atom. The summed E-state index contributed by atoms with van der Waals surface area (Å²) in [6.07, 6.45) is 1.23. The summed E-state index contributed by atoms with van der Waals surface area (Å²) < 4.78 is 25.7. The molecular weight excluding hydrogens is 290 g/mol. The molecule has 0 aliphatic carbocycles. The highest BCUT2D eigenvalue weighted by Gasteiger charge is 2.29. The molecule has 0 N–H and O–H groups in total. The summed E-state index contributed by atoms with van der Waals surface area (Å²) in [5.74, 6) is 0.0128. The lowest BCUT2D eigenvalue weighted by Gasteiger charge is -2.14. The van der Waals surface area contributed by atoms with Crippen LogP contribution >= 0.6 is 0 Å². The smallest absolute Gasteiger partial charge is 0.316 e. The Labute approximate surface area is 130 Å². The van der Waals surface area contributed by atoms with Crippen molar-refractivity contribution in [1.29, 1.82) is 0 Å². The number of carbonyl (C=O) groups is 1. The van der Waals surface area contributed by atoms with Gasteiger partial charge in [0, 0.05) is 26.7 Å². The normalized spacial score (nSPS) is 12.7. The Kier molecular flexibility index (Phi) is 7.90. The van der Waals surface area contributed by atoms with Crippen molar-refractivity contribution in [2.75, 3.05) is 27.9 Å². The summed E-state index contributed by atoms with van der Waals surface area (Å²) >= 11 is 0. The minimum atomic E-state index is -0.485. The topological polar surface area (TPSA) is 80.0 Å². The zero-order chi connectivity index (χ0) is 16.5. The van der Waals surface area contributed by atoms with E-state index < -0.39 is 5.92 Å². The molecule has 1 aromatic rings. The lowest BCUT2D eigenvalue weighted by Crippen LogP contribution is -2.19. The fourth-order valence-electron chi connectivity index (χ4n) is 2.09. The zero-order valence-corrected chi connectivity index (χ0v) is 13.8. The van der Waals surface area contributed by atoms with E-state index in [-0.39, 0.29) is 18.2 Å². The average Bonchev–Trinajstić information content (AvgIpc) is 2.95. The maximum absolute atomic E-state index is 11.8. The third kappa shape index (κ3) is 5.31. The second-order valence-electron chi connectivity index (χ2n) is 5.20. The molecule has 7 nitrogen and oxygen atoms in total. The molecule has 22 heavy (non-hydrogen) atoms. The van der Waals surface area contributed by atoms with Crippen molar-refractivity contribution in [1.82, 2.24) is 5.16 Å². The van der Waals surface area contributed by atoms with Crippen LogP contribution in [0.15, 0.2) is 10.6 Å². The summed E-state index contributed by atoms with van der Waals surface area (Å²) in [5, 5.41) is 3.83. The number of carbonyl (C=O) groups excluding carboxylic acids is 1. The molecule has 0 saturated heterocycles. The maximum atomic E-state index is 11.8. The molecule has 0 aromatic carbocycles. The number of methoxy groups -OCH3 is 3. The van der Waals surface area contributed by atoms with E-state index >= 15 is 0 Å². The molecule has 1 atom stereocenters. The highest BCUT2D eigenvalue weighted by atomic mass is 16.7. The van der Waals surface area contributed by atoms with Crippen molar-refractivity contribution in [3.05, 3.63) is 11.8 Å². The van der Waals surface area contributed by atoms with E-state index in [1.165, 1.54) is 7.11 Å². The van der Waals surface area contributed by atoms with Gasteiger partial charge in [-0.3, -0.25) is 4.79 Å². The lowest BCUT2D eigenvalue weighted by molar-refractivity contribution is -0.144. The maximum Gasteiger partial charge on any atom is 0.316 e. The standard InChI is InChI=1S/C15H25NO6/c1-10(2)14(15(17)20-5)11-9-12(16-22-11)21-8-6-7-13(18-3)19-4/h9-10,13-14H,6-8H2,1-5H3. The average molecular weight is 315 g/mol. The van der Waals surface area contributed by atoms with Crippen molar-refractivity contribution in [2.45, 2.75) is 38.9 Å². The first-order valence-electron chi connectivity index (χ1n) is 7.26. The molecule has 0 spiro atoms. The molecule has 0 aliphatic rings. The van der Waals surface area contributed by atoms with Gasteiger partial charge in [0.05, 0.1) is 13.7 Å². The Morgan fingerprint density at radius 2 is 1.95 bits per heavy atom. The molecule has 1 heterocycles.